The van der Waals surface area contributed by atoms with Crippen LogP contribution in [0, 0.1) is 0 Å². The summed E-state index contributed by atoms with van der Waals surface area (Å²) in [5.74, 6) is 0.903. The van der Waals surface area contributed by atoms with Crippen molar-refractivity contribution in [3.63, 3.8) is 0 Å². The number of aryl methyl sites for hydroxylation is 1. The lowest BCUT2D eigenvalue weighted by Crippen LogP contribution is -2.48. The van der Waals surface area contributed by atoms with E-state index in [1.807, 2.05) is 30.0 Å². The van der Waals surface area contributed by atoms with Crippen LogP contribution in [0.4, 0.5) is 4.79 Å². The normalized spacial score (nSPS) is 19.1. The van der Waals surface area contributed by atoms with Crippen molar-refractivity contribution in [3.05, 3.63) is 59.7 Å². The molecular weight excluding hydrogens is 380 g/mol. The van der Waals surface area contributed by atoms with Gasteiger partial charge in [0.15, 0.2) is 0 Å². The van der Waals surface area contributed by atoms with Gasteiger partial charge in [-0.1, -0.05) is 44.2 Å². The lowest BCUT2D eigenvalue weighted by atomic mass is 9.90. The minimum absolute atomic E-state index is 0.0635. The van der Waals surface area contributed by atoms with Crippen molar-refractivity contribution in [1.29, 1.82) is 0 Å². The number of hydrogen-bond donors (Lipinski definition) is 0. The fourth-order valence-corrected chi connectivity index (χ4v) is 4.26. The summed E-state index contributed by atoms with van der Waals surface area (Å²) in [6, 6.07) is 10.2. The molecule has 2 saturated heterocycles. The first-order chi connectivity index (χ1) is 14.5. The summed E-state index contributed by atoms with van der Waals surface area (Å²) in [6.45, 7) is 6.44. The van der Waals surface area contributed by atoms with Gasteiger partial charge in [-0.05, 0) is 11.5 Å². The van der Waals surface area contributed by atoms with Crippen molar-refractivity contribution in [2.24, 2.45) is 0 Å². The number of ether oxygens (including phenoxy) is 1. The Hall–Kier alpha value is -2.96. The second kappa shape index (κ2) is 8.42. The molecule has 0 radical (unpaired) electrons. The number of benzene rings is 1. The number of piperidine rings is 1. The molecule has 0 saturated carbocycles. The molecule has 0 aliphatic carbocycles. The summed E-state index contributed by atoms with van der Waals surface area (Å²) in [4.78, 5) is 37.3. The number of carbonyl (C=O) groups excluding carboxylic acids is 2. The van der Waals surface area contributed by atoms with Crippen molar-refractivity contribution in [3.8, 4) is 0 Å². The van der Waals surface area contributed by atoms with E-state index in [4.69, 9.17) is 4.74 Å². The second-order valence-corrected chi connectivity index (χ2v) is 8.28. The molecule has 158 valence electrons. The third-order valence-electron chi connectivity index (χ3n) is 6.13. The molecule has 2 aromatic rings. The summed E-state index contributed by atoms with van der Waals surface area (Å²) >= 11 is 0. The number of likely N-dealkylation sites (tertiary alicyclic amines) is 1. The van der Waals surface area contributed by atoms with Crippen LogP contribution in [0.5, 0.6) is 0 Å². The van der Waals surface area contributed by atoms with E-state index in [2.05, 4.69) is 29.0 Å². The Kier molecular flexibility index (Phi) is 5.70. The Bertz CT molecular complexity index is 892. The minimum atomic E-state index is -0.493. The molecule has 3 heterocycles. The minimum Gasteiger partial charge on any atom is -0.441 e. The first-order valence-electron chi connectivity index (χ1n) is 10.6. The van der Waals surface area contributed by atoms with Crippen LogP contribution in [0.2, 0.25) is 0 Å². The van der Waals surface area contributed by atoms with E-state index in [-0.39, 0.29) is 17.9 Å². The average molecular weight is 409 g/mol. The smallest absolute Gasteiger partial charge is 0.410 e. The summed E-state index contributed by atoms with van der Waals surface area (Å²) in [6.07, 6.45) is 4.98. The van der Waals surface area contributed by atoms with Crippen LogP contribution in [-0.4, -0.2) is 63.5 Å². The van der Waals surface area contributed by atoms with Gasteiger partial charge in [0.1, 0.15) is 11.4 Å². The van der Waals surface area contributed by atoms with Crippen LogP contribution < -0.4 is 0 Å². The van der Waals surface area contributed by atoms with E-state index in [0.29, 0.717) is 44.6 Å². The Morgan fingerprint density at radius 2 is 1.83 bits per heavy atom. The van der Waals surface area contributed by atoms with E-state index in [1.165, 1.54) is 5.56 Å². The maximum atomic E-state index is 12.8. The molecule has 7 heteroatoms. The van der Waals surface area contributed by atoms with Gasteiger partial charge < -0.3 is 14.5 Å². The summed E-state index contributed by atoms with van der Waals surface area (Å²) in [5.41, 5.74) is 1.22. The largest absolute Gasteiger partial charge is 0.441 e. The maximum absolute atomic E-state index is 12.8. The monoisotopic (exact) mass is 408 g/mol. The van der Waals surface area contributed by atoms with E-state index in [9.17, 15) is 9.59 Å². The van der Waals surface area contributed by atoms with Crippen molar-refractivity contribution in [2.45, 2.75) is 44.6 Å². The number of rotatable bonds is 5. The summed E-state index contributed by atoms with van der Waals surface area (Å²) in [7, 11) is 0. The second-order valence-electron chi connectivity index (χ2n) is 8.28. The van der Waals surface area contributed by atoms with Gasteiger partial charge >= 0.3 is 6.09 Å². The third kappa shape index (κ3) is 4.15. The van der Waals surface area contributed by atoms with Crippen LogP contribution >= 0.6 is 0 Å². The molecule has 2 aliphatic rings. The fraction of sp³-hybridized carbons (Fsp3) is 0.478. The molecule has 1 aromatic carbocycles. The Labute approximate surface area is 177 Å². The highest BCUT2D eigenvalue weighted by Gasteiger charge is 2.47. The first-order valence-corrected chi connectivity index (χ1v) is 10.6. The van der Waals surface area contributed by atoms with Gasteiger partial charge in [-0.25, -0.2) is 14.8 Å². The predicted molar refractivity (Wildman–Crippen MR) is 112 cm³/mol. The molecule has 0 N–H and O–H groups in total. The zero-order valence-corrected chi connectivity index (χ0v) is 17.6. The van der Waals surface area contributed by atoms with E-state index in [1.54, 1.807) is 17.3 Å². The highest BCUT2D eigenvalue weighted by molar-refractivity contribution is 5.93. The topological polar surface area (TPSA) is 75.6 Å². The van der Waals surface area contributed by atoms with Gasteiger partial charge in [-0.15, -0.1) is 0 Å². The molecule has 2 fully saturated rings. The highest BCUT2D eigenvalue weighted by atomic mass is 16.6. The highest BCUT2D eigenvalue weighted by Crippen LogP contribution is 2.34. The number of nitrogens with zero attached hydrogens (tertiary/aromatic N) is 4. The molecule has 1 aromatic heterocycles. The van der Waals surface area contributed by atoms with Gasteiger partial charge in [-0.3, -0.25) is 4.79 Å². The first kappa shape index (κ1) is 20.3. The summed E-state index contributed by atoms with van der Waals surface area (Å²) < 4.78 is 5.83. The molecule has 2 amide bonds. The number of carbonyl (C=O) groups is 2. The zero-order valence-electron chi connectivity index (χ0n) is 17.6. The standard InChI is InChI=1S/C23H28N4O3/c1-3-20-24-13-19(14-25-20)21(28)26-11-9-23(10-12-26)16-27(22(29)30-23)15-17(2)18-7-5-4-6-8-18/h4-8,13-14,17H,3,9-12,15-16H2,1-2H3/t17-/m1/s1. The van der Waals surface area contributed by atoms with Gasteiger partial charge in [-0.2, -0.15) is 0 Å². The van der Waals surface area contributed by atoms with Crippen molar-refractivity contribution >= 4 is 12.0 Å². The van der Waals surface area contributed by atoms with Gasteiger partial charge in [0.2, 0.25) is 0 Å². The molecule has 0 unspecified atom stereocenters. The predicted octanol–water partition coefficient (Wildman–Crippen LogP) is 3.27. The average Bonchev–Trinajstić information content (AvgIpc) is 3.08. The Morgan fingerprint density at radius 3 is 2.47 bits per heavy atom. The lowest BCUT2D eigenvalue weighted by Gasteiger charge is -2.37. The molecule has 2 aliphatic heterocycles. The quantitative estimate of drug-likeness (QED) is 0.759. The SMILES string of the molecule is CCc1ncc(C(=O)N2CCC3(CC2)CN(C[C@@H](C)c2ccccc2)C(=O)O3)cn1. The van der Waals surface area contributed by atoms with E-state index in [0.717, 1.165) is 12.2 Å². The fourth-order valence-electron chi connectivity index (χ4n) is 4.26. The van der Waals surface area contributed by atoms with Crippen LogP contribution in [-0.2, 0) is 11.2 Å². The van der Waals surface area contributed by atoms with Crippen LogP contribution in [0.25, 0.3) is 0 Å². The molecule has 4 rings (SSSR count). The van der Waals surface area contributed by atoms with E-state index >= 15 is 0 Å². The Balaban J connectivity index is 1.34. The molecule has 1 atom stereocenters. The number of amides is 2. The van der Waals surface area contributed by atoms with Gasteiger partial charge in [0.05, 0.1) is 12.1 Å². The van der Waals surface area contributed by atoms with Crippen molar-refractivity contribution in [2.75, 3.05) is 26.2 Å². The van der Waals surface area contributed by atoms with Crippen molar-refractivity contribution < 1.29 is 14.3 Å². The molecule has 0 bridgehead atoms. The number of hydrogen-bond acceptors (Lipinski definition) is 5. The third-order valence-corrected chi connectivity index (χ3v) is 6.13. The van der Waals surface area contributed by atoms with Gasteiger partial charge in [0.25, 0.3) is 5.91 Å². The van der Waals surface area contributed by atoms with Crippen LogP contribution in [0.3, 0.4) is 0 Å². The van der Waals surface area contributed by atoms with E-state index < -0.39 is 5.60 Å². The van der Waals surface area contributed by atoms with Crippen LogP contribution in [0.1, 0.15) is 54.4 Å². The molecule has 1 spiro atoms. The van der Waals surface area contributed by atoms with Crippen LogP contribution in [0.15, 0.2) is 42.7 Å². The summed E-state index contributed by atoms with van der Waals surface area (Å²) in [5, 5.41) is 0. The molecule has 7 nitrogen and oxygen atoms in total. The maximum Gasteiger partial charge on any atom is 0.410 e. The van der Waals surface area contributed by atoms with Crippen molar-refractivity contribution in [1.82, 2.24) is 19.8 Å². The Morgan fingerprint density at radius 1 is 1.17 bits per heavy atom. The van der Waals surface area contributed by atoms with Gasteiger partial charge in [0, 0.05) is 51.3 Å². The lowest BCUT2D eigenvalue weighted by molar-refractivity contribution is 0.00311. The zero-order chi connectivity index (χ0) is 21.1. The number of aromatic nitrogens is 2. The molecule has 30 heavy (non-hydrogen) atoms. The molecular formula is C23H28N4O3.